The maximum Gasteiger partial charge on any atom is 0.289 e. The van der Waals surface area contributed by atoms with E-state index in [4.69, 9.17) is 4.74 Å². The summed E-state index contributed by atoms with van der Waals surface area (Å²) in [7, 11) is 0. The highest BCUT2D eigenvalue weighted by atomic mass is 19.1. The van der Waals surface area contributed by atoms with Crippen LogP contribution in [-0.2, 0) is 4.74 Å². The lowest BCUT2D eigenvalue weighted by molar-refractivity contribution is 0.0943. The van der Waals surface area contributed by atoms with E-state index in [2.05, 4.69) is 25.7 Å². The molecule has 1 aliphatic heterocycles. The molecule has 1 fully saturated rings. The molecule has 1 amide bonds. The number of H-pyrrole nitrogens is 1. The molecule has 11 heteroatoms. The highest BCUT2D eigenvalue weighted by molar-refractivity contribution is 5.93. The van der Waals surface area contributed by atoms with Crippen molar-refractivity contribution in [3.63, 3.8) is 0 Å². The van der Waals surface area contributed by atoms with Gasteiger partial charge in [-0.2, -0.15) is 5.10 Å². The molecule has 3 heterocycles. The molecular weight excluding hydrogens is 465 g/mol. The molecule has 0 aliphatic carbocycles. The lowest BCUT2D eigenvalue weighted by Gasteiger charge is -2.29. The molecule has 2 aromatic carbocycles. The molecule has 4 aromatic rings. The van der Waals surface area contributed by atoms with Crippen molar-refractivity contribution in [2.24, 2.45) is 0 Å². The Morgan fingerprint density at radius 3 is 2.69 bits per heavy atom. The molecule has 188 valence electrons. The lowest BCUT2D eigenvalue weighted by Crippen LogP contribution is -2.36. The van der Waals surface area contributed by atoms with E-state index in [0.29, 0.717) is 55.3 Å². The number of aromatic amines is 1. The first-order valence-electron chi connectivity index (χ1n) is 12.0. The third-order valence-corrected chi connectivity index (χ3v) is 6.26. The second kappa shape index (κ2) is 9.57. The second-order valence-corrected chi connectivity index (χ2v) is 8.96. The smallest absolute Gasteiger partial charge is 0.289 e. The van der Waals surface area contributed by atoms with Gasteiger partial charge in [0, 0.05) is 42.8 Å². The number of hydrogen-bond donors (Lipinski definition) is 3. The number of nitrogens with zero attached hydrogens (tertiary/aromatic N) is 5. The Morgan fingerprint density at radius 2 is 2.00 bits per heavy atom. The van der Waals surface area contributed by atoms with Gasteiger partial charge in [-0.05, 0) is 31.0 Å². The standard InChI is InChI=1S/C25H28FN7O3/c1-4-27-25(35)24-31-30-23(17-12-16-19(13-21(17)34)28-29-22(16)14(2)3)33(24)15-5-6-20(18(26)11-15)32-7-9-36-10-8-32/h5-6,11-14,34H,4,7-10H2,1-3H3,(H,27,35)(H,28,29). The number of rotatable bonds is 6. The Kier molecular flexibility index (Phi) is 6.31. The molecule has 1 saturated heterocycles. The summed E-state index contributed by atoms with van der Waals surface area (Å²) in [6.45, 7) is 8.50. The minimum atomic E-state index is -0.458. The van der Waals surface area contributed by atoms with E-state index in [0.717, 1.165) is 11.1 Å². The van der Waals surface area contributed by atoms with Crippen LogP contribution in [0.5, 0.6) is 5.75 Å². The van der Waals surface area contributed by atoms with Crippen molar-refractivity contribution in [2.75, 3.05) is 37.7 Å². The molecule has 0 atom stereocenters. The maximum atomic E-state index is 15.3. The number of ether oxygens (including phenoxy) is 1. The molecule has 0 saturated carbocycles. The molecular formula is C25H28FN7O3. The van der Waals surface area contributed by atoms with Crippen LogP contribution in [0.2, 0.25) is 0 Å². The summed E-state index contributed by atoms with van der Waals surface area (Å²) in [6.07, 6.45) is 0. The van der Waals surface area contributed by atoms with Crippen LogP contribution >= 0.6 is 0 Å². The van der Waals surface area contributed by atoms with Crippen LogP contribution in [0.4, 0.5) is 10.1 Å². The average Bonchev–Trinajstić information content (AvgIpc) is 3.48. The molecule has 36 heavy (non-hydrogen) atoms. The van der Waals surface area contributed by atoms with Gasteiger partial charge in [0.25, 0.3) is 5.91 Å². The van der Waals surface area contributed by atoms with E-state index >= 15 is 4.39 Å². The number of anilines is 1. The number of phenols is 1. The Bertz CT molecular complexity index is 1420. The number of phenolic OH excluding ortho intramolecular Hbond substituents is 1. The highest BCUT2D eigenvalue weighted by Crippen LogP contribution is 2.36. The minimum Gasteiger partial charge on any atom is -0.507 e. The topological polar surface area (TPSA) is 121 Å². The monoisotopic (exact) mass is 493 g/mol. The predicted octanol–water partition coefficient (Wildman–Crippen LogP) is 3.37. The zero-order chi connectivity index (χ0) is 25.4. The van der Waals surface area contributed by atoms with Crippen molar-refractivity contribution in [1.29, 1.82) is 0 Å². The molecule has 2 aromatic heterocycles. The molecule has 10 nitrogen and oxygen atoms in total. The van der Waals surface area contributed by atoms with Gasteiger partial charge in [-0.1, -0.05) is 13.8 Å². The van der Waals surface area contributed by atoms with Crippen molar-refractivity contribution < 1.29 is 19.0 Å². The second-order valence-electron chi connectivity index (χ2n) is 8.96. The Hall–Kier alpha value is -3.99. The van der Waals surface area contributed by atoms with Crippen molar-refractivity contribution in [3.8, 4) is 22.8 Å². The van der Waals surface area contributed by atoms with Gasteiger partial charge in [0.2, 0.25) is 5.82 Å². The van der Waals surface area contributed by atoms with Crippen LogP contribution in [0, 0.1) is 5.82 Å². The van der Waals surface area contributed by atoms with Gasteiger partial charge in [0.15, 0.2) is 5.82 Å². The summed E-state index contributed by atoms with van der Waals surface area (Å²) in [4.78, 5) is 14.8. The molecule has 0 radical (unpaired) electrons. The number of hydrogen-bond acceptors (Lipinski definition) is 7. The molecule has 1 aliphatic rings. The minimum absolute atomic E-state index is 0.0128. The summed E-state index contributed by atoms with van der Waals surface area (Å²) < 4.78 is 22.2. The molecule has 5 rings (SSSR count). The van der Waals surface area contributed by atoms with E-state index in [1.807, 2.05) is 18.7 Å². The number of carbonyl (C=O) groups is 1. The fourth-order valence-corrected chi connectivity index (χ4v) is 4.47. The average molecular weight is 494 g/mol. The summed E-state index contributed by atoms with van der Waals surface area (Å²) >= 11 is 0. The third kappa shape index (κ3) is 4.15. The van der Waals surface area contributed by atoms with Crippen LogP contribution < -0.4 is 10.2 Å². The lowest BCUT2D eigenvalue weighted by atomic mass is 10.0. The normalized spacial score (nSPS) is 14.1. The van der Waals surface area contributed by atoms with Crippen molar-refractivity contribution >= 4 is 22.5 Å². The number of halogens is 1. The molecule has 3 N–H and O–H groups in total. The summed E-state index contributed by atoms with van der Waals surface area (Å²) in [5.41, 5.74) is 2.69. The number of morpholine rings is 1. The first kappa shape index (κ1) is 23.7. The van der Waals surface area contributed by atoms with Gasteiger partial charge >= 0.3 is 0 Å². The largest absolute Gasteiger partial charge is 0.507 e. The molecule has 0 unspecified atom stereocenters. The van der Waals surface area contributed by atoms with Gasteiger partial charge in [0.1, 0.15) is 11.6 Å². The van der Waals surface area contributed by atoms with Crippen LogP contribution in [0.15, 0.2) is 30.3 Å². The number of carbonyl (C=O) groups excluding carboxylic acids is 1. The zero-order valence-electron chi connectivity index (χ0n) is 20.4. The third-order valence-electron chi connectivity index (χ3n) is 6.26. The number of amides is 1. The number of aromatic nitrogens is 5. The van der Waals surface area contributed by atoms with Gasteiger partial charge < -0.3 is 20.1 Å². The Balaban J connectivity index is 1.67. The summed E-state index contributed by atoms with van der Waals surface area (Å²) in [5.74, 6) is -0.608. The van der Waals surface area contributed by atoms with Crippen LogP contribution in [0.25, 0.3) is 28.0 Å². The Morgan fingerprint density at radius 1 is 1.22 bits per heavy atom. The first-order valence-corrected chi connectivity index (χ1v) is 12.0. The van der Waals surface area contributed by atoms with Gasteiger partial charge in [-0.25, -0.2) is 4.39 Å². The van der Waals surface area contributed by atoms with Crippen molar-refractivity contribution in [1.82, 2.24) is 30.3 Å². The van der Waals surface area contributed by atoms with Crippen LogP contribution in [0.1, 0.15) is 43.0 Å². The number of aromatic hydroxyl groups is 1. The highest BCUT2D eigenvalue weighted by Gasteiger charge is 2.25. The number of nitrogens with one attached hydrogen (secondary N) is 2. The van der Waals surface area contributed by atoms with Gasteiger partial charge in [0.05, 0.1) is 35.7 Å². The summed E-state index contributed by atoms with van der Waals surface area (Å²) in [5, 5.41) is 30.1. The Labute approximate surface area is 207 Å². The van der Waals surface area contributed by atoms with Crippen molar-refractivity contribution in [2.45, 2.75) is 26.7 Å². The quantitative estimate of drug-likeness (QED) is 0.377. The maximum absolute atomic E-state index is 15.3. The summed E-state index contributed by atoms with van der Waals surface area (Å²) in [6, 6.07) is 8.06. The van der Waals surface area contributed by atoms with Crippen molar-refractivity contribution in [3.05, 3.63) is 47.7 Å². The van der Waals surface area contributed by atoms with Gasteiger partial charge in [-0.3, -0.25) is 14.5 Å². The fraction of sp³-hybridized carbons (Fsp3) is 0.360. The SMILES string of the molecule is CCNC(=O)c1nnc(-c2cc3c(C(C)C)[nH]nc3cc2O)n1-c1ccc(N2CCOCC2)c(F)c1. The van der Waals surface area contributed by atoms with Gasteiger partial charge in [-0.15, -0.1) is 10.2 Å². The molecule has 0 spiro atoms. The number of benzene rings is 2. The first-order chi connectivity index (χ1) is 17.4. The van der Waals surface area contributed by atoms with E-state index in [9.17, 15) is 9.90 Å². The van der Waals surface area contributed by atoms with E-state index in [1.165, 1.54) is 10.6 Å². The predicted molar refractivity (Wildman–Crippen MR) is 133 cm³/mol. The van der Waals surface area contributed by atoms with E-state index < -0.39 is 11.7 Å². The van der Waals surface area contributed by atoms with E-state index in [-0.39, 0.29) is 23.3 Å². The molecule has 0 bridgehead atoms. The fourth-order valence-electron chi connectivity index (χ4n) is 4.47. The van der Waals surface area contributed by atoms with Crippen LogP contribution in [-0.4, -0.2) is 68.8 Å². The zero-order valence-corrected chi connectivity index (χ0v) is 20.4. The number of fused-ring (bicyclic) bond motifs is 1. The van der Waals surface area contributed by atoms with Crippen LogP contribution in [0.3, 0.4) is 0 Å². The van der Waals surface area contributed by atoms with E-state index in [1.54, 1.807) is 31.2 Å².